The normalized spacial score (nSPS) is 16.2. The van der Waals surface area contributed by atoms with Gasteiger partial charge in [-0.25, -0.2) is 9.50 Å². The van der Waals surface area contributed by atoms with E-state index in [-0.39, 0.29) is 6.10 Å². The van der Waals surface area contributed by atoms with E-state index in [1.807, 2.05) is 10.7 Å². The zero-order valence-corrected chi connectivity index (χ0v) is 16.4. The molecule has 144 valence electrons. The van der Waals surface area contributed by atoms with Crippen molar-refractivity contribution >= 4 is 16.6 Å². The van der Waals surface area contributed by atoms with Crippen LogP contribution in [0.5, 0.6) is 5.88 Å². The first-order valence-electron chi connectivity index (χ1n) is 9.73. The number of rotatable bonds is 3. The summed E-state index contributed by atoms with van der Waals surface area (Å²) in [7, 11) is 2.16. The number of benzene rings is 1. The molecule has 3 aromatic heterocycles. The summed E-state index contributed by atoms with van der Waals surface area (Å²) in [6, 6.07) is 6.47. The van der Waals surface area contributed by atoms with Gasteiger partial charge in [0.2, 0.25) is 5.88 Å². The van der Waals surface area contributed by atoms with Crippen molar-refractivity contribution in [3.8, 4) is 17.0 Å². The molecule has 0 bridgehead atoms. The lowest BCUT2D eigenvalue weighted by Gasteiger charge is -2.28. The summed E-state index contributed by atoms with van der Waals surface area (Å²) in [6.45, 7) is 6.31. The SMILES string of the molecule is Cc1cc(-c2cc(C)c3ncnn3c2)cc2[nH]nc(OC3CCN(C)CC3)c12. The molecule has 4 heterocycles. The maximum absolute atomic E-state index is 6.26. The second-order valence-electron chi connectivity index (χ2n) is 7.80. The maximum Gasteiger partial charge on any atom is 0.241 e. The summed E-state index contributed by atoms with van der Waals surface area (Å²) in [5, 5.41) is 13.0. The topological polar surface area (TPSA) is 71.3 Å². The Labute approximate surface area is 163 Å². The number of aromatic amines is 1. The Kier molecular flexibility index (Phi) is 4.05. The molecular formula is C21H24N6O. The molecule has 4 aromatic rings. The van der Waals surface area contributed by atoms with Gasteiger partial charge in [0.15, 0.2) is 5.65 Å². The van der Waals surface area contributed by atoms with Crippen molar-refractivity contribution in [1.29, 1.82) is 0 Å². The third-order valence-corrected chi connectivity index (χ3v) is 5.66. The lowest BCUT2D eigenvalue weighted by atomic mass is 10.0. The van der Waals surface area contributed by atoms with Crippen LogP contribution >= 0.6 is 0 Å². The number of aryl methyl sites for hydroxylation is 2. The van der Waals surface area contributed by atoms with Gasteiger partial charge in [0.05, 0.1) is 10.9 Å². The van der Waals surface area contributed by atoms with Crippen LogP contribution in [0.15, 0.2) is 30.7 Å². The summed E-state index contributed by atoms with van der Waals surface area (Å²) < 4.78 is 8.08. The highest BCUT2D eigenvalue weighted by atomic mass is 16.5. The smallest absolute Gasteiger partial charge is 0.241 e. The minimum absolute atomic E-state index is 0.235. The highest BCUT2D eigenvalue weighted by Crippen LogP contribution is 2.33. The van der Waals surface area contributed by atoms with Crippen molar-refractivity contribution in [2.24, 2.45) is 0 Å². The minimum atomic E-state index is 0.235. The number of ether oxygens (including phenoxy) is 1. The number of nitrogens with zero attached hydrogens (tertiary/aromatic N) is 5. The van der Waals surface area contributed by atoms with E-state index in [1.54, 1.807) is 6.33 Å². The molecule has 1 aliphatic rings. The molecule has 7 nitrogen and oxygen atoms in total. The summed E-state index contributed by atoms with van der Waals surface area (Å²) >= 11 is 0. The van der Waals surface area contributed by atoms with E-state index in [1.165, 1.54) is 0 Å². The van der Waals surface area contributed by atoms with Gasteiger partial charge in [-0.3, -0.25) is 5.10 Å². The number of fused-ring (bicyclic) bond motifs is 2. The molecule has 28 heavy (non-hydrogen) atoms. The quantitative estimate of drug-likeness (QED) is 0.594. The Morgan fingerprint density at radius 3 is 2.68 bits per heavy atom. The fraction of sp³-hybridized carbons (Fsp3) is 0.381. The molecule has 0 atom stereocenters. The standard InChI is InChI=1S/C21H24N6O/c1-13-8-15(16-9-14(2)20-22-12-23-27(20)11-16)10-18-19(13)21(25-24-18)28-17-4-6-26(3)7-5-17/h8-12,17H,4-7H2,1-3H3,(H,24,25). The van der Waals surface area contributed by atoms with Gasteiger partial charge >= 0.3 is 0 Å². The Hall–Kier alpha value is -2.93. The van der Waals surface area contributed by atoms with Crippen LogP contribution in [0.25, 0.3) is 27.7 Å². The lowest BCUT2D eigenvalue weighted by Crippen LogP contribution is -2.35. The molecule has 5 rings (SSSR count). The maximum atomic E-state index is 6.26. The molecule has 1 saturated heterocycles. The summed E-state index contributed by atoms with van der Waals surface area (Å²) in [5.41, 5.74) is 6.36. The molecule has 1 aromatic carbocycles. The van der Waals surface area contributed by atoms with Crippen molar-refractivity contribution in [2.45, 2.75) is 32.8 Å². The van der Waals surface area contributed by atoms with E-state index in [9.17, 15) is 0 Å². The molecule has 0 saturated carbocycles. The Balaban J connectivity index is 1.51. The van der Waals surface area contributed by atoms with Gasteiger partial charge in [-0.15, -0.1) is 5.10 Å². The van der Waals surface area contributed by atoms with Gasteiger partial charge < -0.3 is 9.64 Å². The highest BCUT2D eigenvalue weighted by Gasteiger charge is 2.21. The average Bonchev–Trinajstić information content (AvgIpc) is 3.31. The zero-order valence-electron chi connectivity index (χ0n) is 16.4. The molecule has 0 aliphatic carbocycles. The number of pyridine rings is 1. The molecule has 0 amide bonds. The number of nitrogens with one attached hydrogen (secondary N) is 1. The summed E-state index contributed by atoms with van der Waals surface area (Å²) in [4.78, 5) is 6.64. The van der Waals surface area contributed by atoms with E-state index in [0.717, 1.165) is 70.6 Å². The third kappa shape index (κ3) is 2.92. The summed E-state index contributed by atoms with van der Waals surface area (Å²) in [6.07, 6.45) is 5.92. The highest BCUT2D eigenvalue weighted by molar-refractivity contribution is 5.91. The Morgan fingerprint density at radius 1 is 1.07 bits per heavy atom. The number of likely N-dealkylation sites (tertiary alicyclic amines) is 1. The van der Waals surface area contributed by atoms with Crippen LogP contribution in [0.2, 0.25) is 0 Å². The number of aromatic nitrogens is 5. The van der Waals surface area contributed by atoms with E-state index >= 15 is 0 Å². The van der Waals surface area contributed by atoms with Gasteiger partial charge in [-0.1, -0.05) is 6.07 Å². The van der Waals surface area contributed by atoms with Crippen molar-refractivity contribution in [2.75, 3.05) is 20.1 Å². The van der Waals surface area contributed by atoms with Gasteiger partial charge in [-0.05, 0) is 62.6 Å². The van der Waals surface area contributed by atoms with Crippen LogP contribution in [0, 0.1) is 13.8 Å². The van der Waals surface area contributed by atoms with Crippen LogP contribution in [0.3, 0.4) is 0 Å². The predicted molar refractivity (Wildman–Crippen MR) is 109 cm³/mol. The number of piperidine rings is 1. The van der Waals surface area contributed by atoms with Crippen LogP contribution in [-0.4, -0.2) is 55.9 Å². The van der Waals surface area contributed by atoms with Crippen molar-refractivity contribution in [3.63, 3.8) is 0 Å². The second-order valence-corrected chi connectivity index (χ2v) is 7.80. The molecule has 0 radical (unpaired) electrons. The Morgan fingerprint density at radius 2 is 1.86 bits per heavy atom. The van der Waals surface area contributed by atoms with E-state index in [2.05, 4.69) is 64.3 Å². The van der Waals surface area contributed by atoms with E-state index in [0.29, 0.717) is 0 Å². The number of hydrogen-bond acceptors (Lipinski definition) is 5. The largest absolute Gasteiger partial charge is 0.473 e. The predicted octanol–water partition coefficient (Wildman–Crippen LogP) is 3.36. The molecule has 0 spiro atoms. The number of hydrogen-bond donors (Lipinski definition) is 1. The lowest BCUT2D eigenvalue weighted by molar-refractivity contribution is 0.111. The van der Waals surface area contributed by atoms with Crippen LogP contribution in [0.1, 0.15) is 24.0 Å². The zero-order chi connectivity index (χ0) is 19.3. The first kappa shape index (κ1) is 17.2. The van der Waals surface area contributed by atoms with Gasteiger partial charge in [0.1, 0.15) is 12.4 Å². The van der Waals surface area contributed by atoms with E-state index < -0.39 is 0 Å². The second kappa shape index (κ2) is 6.60. The molecule has 0 unspecified atom stereocenters. The van der Waals surface area contributed by atoms with Gasteiger partial charge in [-0.2, -0.15) is 5.10 Å². The molecule has 1 aliphatic heterocycles. The molecule has 1 N–H and O–H groups in total. The number of H-pyrrole nitrogens is 1. The van der Waals surface area contributed by atoms with Gasteiger partial charge in [0.25, 0.3) is 0 Å². The minimum Gasteiger partial charge on any atom is -0.473 e. The van der Waals surface area contributed by atoms with Gasteiger partial charge in [0, 0.05) is 24.8 Å². The summed E-state index contributed by atoms with van der Waals surface area (Å²) in [5.74, 6) is 0.719. The fourth-order valence-electron chi connectivity index (χ4n) is 4.09. The fourth-order valence-corrected chi connectivity index (χ4v) is 4.09. The molecular weight excluding hydrogens is 352 g/mol. The van der Waals surface area contributed by atoms with Crippen molar-refractivity contribution < 1.29 is 4.74 Å². The molecule has 1 fully saturated rings. The molecule has 7 heteroatoms. The third-order valence-electron chi connectivity index (χ3n) is 5.66. The van der Waals surface area contributed by atoms with Crippen LogP contribution in [-0.2, 0) is 0 Å². The van der Waals surface area contributed by atoms with Crippen molar-refractivity contribution in [3.05, 3.63) is 41.9 Å². The Bertz CT molecular complexity index is 1150. The van der Waals surface area contributed by atoms with Crippen molar-refractivity contribution in [1.82, 2.24) is 29.7 Å². The first-order chi connectivity index (χ1) is 13.6. The average molecular weight is 376 g/mol. The van der Waals surface area contributed by atoms with Crippen LogP contribution < -0.4 is 4.74 Å². The first-order valence-corrected chi connectivity index (χ1v) is 9.73. The van der Waals surface area contributed by atoms with E-state index in [4.69, 9.17) is 4.74 Å². The monoisotopic (exact) mass is 376 g/mol. The van der Waals surface area contributed by atoms with Crippen LogP contribution in [0.4, 0.5) is 0 Å².